The van der Waals surface area contributed by atoms with Crippen molar-refractivity contribution in [1.29, 1.82) is 0 Å². The topological polar surface area (TPSA) is 90.4 Å². The molecule has 0 radical (unpaired) electrons. The van der Waals surface area contributed by atoms with Gasteiger partial charge in [0.25, 0.3) is 5.91 Å². The van der Waals surface area contributed by atoms with E-state index in [2.05, 4.69) is 13.2 Å². The van der Waals surface area contributed by atoms with Gasteiger partial charge in [0.2, 0.25) is 11.8 Å². The van der Waals surface area contributed by atoms with E-state index >= 15 is 0 Å². The number of likely N-dealkylation sites (tertiary alicyclic amines) is 1. The van der Waals surface area contributed by atoms with Gasteiger partial charge in [0, 0.05) is 30.3 Å². The Kier molecular flexibility index (Phi) is 9.60. The predicted octanol–water partition coefficient (Wildman–Crippen LogP) is 4.70. The first kappa shape index (κ1) is 32.2. The molecular weight excluding hydrogens is 554 g/mol. The first-order valence-electron chi connectivity index (χ1n) is 15.1. The van der Waals surface area contributed by atoms with Crippen LogP contribution in [0.5, 0.6) is 0 Å². The van der Waals surface area contributed by atoms with Gasteiger partial charge in [-0.15, -0.1) is 13.2 Å². The molecule has 9 heteroatoms. The Hall–Kier alpha value is -2.68. The van der Waals surface area contributed by atoms with Crippen LogP contribution in [0.25, 0.3) is 0 Å². The van der Waals surface area contributed by atoms with Crippen LogP contribution in [-0.2, 0) is 19.1 Å². The molecule has 3 aliphatic rings. The van der Waals surface area contributed by atoms with Crippen LogP contribution in [0.3, 0.4) is 0 Å². The lowest BCUT2D eigenvalue weighted by atomic mass is 9.62. The van der Waals surface area contributed by atoms with Crippen LogP contribution in [0.2, 0.25) is 5.02 Å². The molecule has 4 rings (SSSR count). The Morgan fingerprint density at radius 2 is 1.83 bits per heavy atom. The first-order valence-corrected chi connectivity index (χ1v) is 15.5. The molecule has 0 aliphatic carbocycles. The van der Waals surface area contributed by atoms with E-state index in [1.165, 1.54) is 0 Å². The van der Waals surface area contributed by atoms with Crippen molar-refractivity contribution >= 4 is 35.0 Å². The van der Waals surface area contributed by atoms with Crippen molar-refractivity contribution in [1.82, 2.24) is 9.80 Å². The van der Waals surface area contributed by atoms with Crippen molar-refractivity contribution in [3.05, 3.63) is 54.6 Å². The molecule has 3 unspecified atom stereocenters. The lowest BCUT2D eigenvalue weighted by Gasteiger charge is -2.40. The SMILES string of the molecule is C=CCN(CCC)C(=O)[C@@H]1[C@H]2C(=O)N([C@@H](CO)CC(C)C)C(C(=O)N(CC=C)c3ccc(Cl)cc3)C23CC(C)[C@@]1(C)O3. The van der Waals surface area contributed by atoms with E-state index in [1.807, 2.05) is 34.6 Å². The molecular formula is C33H46ClN3O5. The van der Waals surface area contributed by atoms with Crippen LogP contribution in [0.1, 0.15) is 53.9 Å². The second kappa shape index (κ2) is 12.5. The molecule has 7 atom stereocenters. The molecule has 8 nitrogen and oxygen atoms in total. The zero-order valence-electron chi connectivity index (χ0n) is 25.6. The normalized spacial score (nSPS) is 30.4. The number of amides is 3. The lowest BCUT2D eigenvalue weighted by molar-refractivity contribution is -0.154. The molecule has 3 heterocycles. The fourth-order valence-corrected chi connectivity index (χ4v) is 7.81. The third-order valence-corrected chi connectivity index (χ3v) is 9.72. The molecule has 1 aromatic carbocycles. The van der Waals surface area contributed by atoms with Gasteiger partial charge in [-0.1, -0.05) is 51.4 Å². The highest BCUT2D eigenvalue weighted by atomic mass is 35.5. The molecule has 1 N–H and O–H groups in total. The zero-order chi connectivity index (χ0) is 31.0. The molecule has 3 saturated heterocycles. The van der Waals surface area contributed by atoms with Gasteiger partial charge >= 0.3 is 0 Å². The number of carbonyl (C=O) groups is 3. The quantitative estimate of drug-likeness (QED) is 0.332. The fourth-order valence-electron chi connectivity index (χ4n) is 7.68. The lowest BCUT2D eigenvalue weighted by Crippen LogP contribution is -2.59. The summed E-state index contributed by atoms with van der Waals surface area (Å²) in [6.45, 7) is 18.5. The number of nitrogens with zero attached hydrogens (tertiary/aromatic N) is 3. The number of ether oxygens (including phenoxy) is 1. The van der Waals surface area contributed by atoms with Gasteiger partial charge in [0.15, 0.2) is 0 Å². The summed E-state index contributed by atoms with van der Waals surface area (Å²) in [5.41, 5.74) is -1.53. The van der Waals surface area contributed by atoms with E-state index < -0.39 is 35.1 Å². The molecule has 1 aromatic rings. The van der Waals surface area contributed by atoms with E-state index in [4.69, 9.17) is 16.3 Å². The van der Waals surface area contributed by atoms with Gasteiger partial charge < -0.3 is 24.5 Å². The molecule has 0 saturated carbocycles. The number of fused-ring (bicyclic) bond motifs is 1. The second-order valence-corrected chi connectivity index (χ2v) is 13.1. The smallest absolute Gasteiger partial charge is 0.253 e. The maximum atomic E-state index is 14.8. The number of anilines is 1. The number of carbonyl (C=O) groups excluding carboxylic acids is 3. The van der Waals surface area contributed by atoms with Crippen molar-refractivity contribution in [3.8, 4) is 0 Å². The van der Waals surface area contributed by atoms with E-state index in [-0.39, 0.29) is 42.7 Å². The Bertz CT molecular complexity index is 1200. The highest BCUT2D eigenvalue weighted by Crippen LogP contribution is 2.66. The number of benzene rings is 1. The maximum absolute atomic E-state index is 14.8. The third-order valence-electron chi connectivity index (χ3n) is 9.47. The Morgan fingerprint density at radius 3 is 2.38 bits per heavy atom. The summed E-state index contributed by atoms with van der Waals surface area (Å²) in [6, 6.07) is 5.32. The van der Waals surface area contributed by atoms with E-state index in [9.17, 15) is 19.5 Å². The molecule has 3 amide bonds. The van der Waals surface area contributed by atoms with Gasteiger partial charge in [-0.3, -0.25) is 14.4 Å². The van der Waals surface area contributed by atoms with E-state index in [1.54, 1.807) is 51.1 Å². The standard InChI is InChI=1S/C33H46ClN3O5/c1-8-15-35(16-9-2)29(39)26-27-30(40)37(25(20-38)18-21(4)5)28(33(27)19-22(6)32(26,7)42-33)31(41)36(17-10-3)24-13-11-23(34)12-14-24/h8,10-14,21-22,25-28,38H,1,3,9,15-20H2,2,4-7H3/t22?,25-,26+,27+,28?,32-,33?/m1/s1. The van der Waals surface area contributed by atoms with Crippen LogP contribution in [0, 0.1) is 23.7 Å². The van der Waals surface area contributed by atoms with E-state index in [0.29, 0.717) is 36.6 Å². The maximum Gasteiger partial charge on any atom is 0.253 e. The van der Waals surface area contributed by atoms with Crippen molar-refractivity contribution in [2.75, 3.05) is 31.1 Å². The minimum absolute atomic E-state index is 0.0842. The summed E-state index contributed by atoms with van der Waals surface area (Å²) in [5, 5.41) is 11.1. The number of aliphatic hydroxyl groups excluding tert-OH is 1. The molecule has 3 aliphatic heterocycles. The Morgan fingerprint density at radius 1 is 1.19 bits per heavy atom. The van der Waals surface area contributed by atoms with Gasteiger partial charge in [-0.2, -0.15) is 0 Å². The fraction of sp³-hybridized carbons (Fsp3) is 0.606. The van der Waals surface area contributed by atoms with E-state index in [0.717, 1.165) is 6.42 Å². The minimum atomic E-state index is -1.22. The average molecular weight is 600 g/mol. The van der Waals surface area contributed by atoms with Crippen molar-refractivity contribution in [3.63, 3.8) is 0 Å². The number of rotatable bonds is 13. The summed E-state index contributed by atoms with van der Waals surface area (Å²) in [5.74, 6) is -2.31. The summed E-state index contributed by atoms with van der Waals surface area (Å²) in [7, 11) is 0. The average Bonchev–Trinajstić information content (AvgIpc) is 3.46. The van der Waals surface area contributed by atoms with Crippen molar-refractivity contribution in [2.45, 2.75) is 77.2 Å². The highest BCUT2D eigenvalue weighted by molar-refractivity contribution is 6.30. The Labute approximate surface area is 255 Å². The minimum Gasteiger partial charge on any atom is -0.394 e. The number of aliphatic hydroxyl groups is 1. The Balaban J connectivity index is 1.89. The van der Waals surface area contributed by atoms with Gasteiger partial charge in [-0.05, 0) is 62.3 Å². The monoisotopic (exact) mass is 599 g/mol. The molecule has 2 bridgehead atoms. The van der Waals surface area contributed by atoms with Crippen LogP contribution in [0.4, 0.5) is 5.69 Å². The van der Waals surface area contributed by atoms with Crippen LogP contribution >= 0.6 is 11.6 Å². The third kappa shape index (κ3) is 5.20. The second-order valence-electron chi connectivity index (χ2n) is 12.7. The highest BCUT2D eigenvalue weighted by Gasteiger charge is 2.80. The van der Waals surface area contributed by atoms with Gasteiger partial charge in [0.1, 0.15) is 11.6 Å². The molecule has 230 valence electrons. The van der Waals surface area contributed by atoms with Gasteiger partial charge in [-0.25, -0.2) is 0 Å². The first-order chi connectivity index (χ1) is 19.9. The number of hydrogen-bond donors (Lipinski definition) is 1. The summed E-state index contributed by atoms with van der Waals surface area (Å²) in [6.07, 6.45) is 5.05. The zero-order valence-corrected chi connectivity index (χ0v) is 26.3. The molecule has 0 aromatic heterocycles. The summed E-state index contributed by atoms with van der Waals surface area (Å²) >= 11 is 6.16. The molecule has 42 heavy (non-hydrogen) atoms. The van der Waals surface area contributed by atoms with Crippen molar-refractivity contribution in [2.24, 2.45) is 23.7 Å². The van der Waals surface area contributed by atoms with Crippen molar-refractivity contribution < 1.29 is 24.2 Å². The number of hydrogen-bond acceptors (Lipinski definition) is 5. The predicted molar refractivity (Wildman–Crippen MR) is 165 cm³/mol. The summed E-state index contributed by atoms with van der Waals surface area (Å²) in [4.78, 5) is 48.7. The summed E-state index contributed by atoms with van der Waals surface area (Å²) < 4.78 is 6.93. The van der Waals surface area contributed by atoms with Gasteiger partial charge in [0.05, 0.1) is 30.1 Å². The van der Waals surface area contributed by atoms with Crippen LogP contribution in [0.15, 0.2) is 49.6 Å². The van der Waals surface area contributed by atoms with Crippen LogP contribution in [-0.4, -0.2) is 82.2 Å². The largest absolute Gasteiger partial charge is 0.394 e. The molecule has 1 spiro atoms. The van der Waals surface area contributed by atoms with Crippen LogP contribution < -0.4 is 4.90 Å². The number of halogens is 1. The molecule has 3 fully saturated rings.